The zero-order valence-electron chi connectivity index (χ0n) is 12.9. The van der Waals surface area contributed by atoms with Crippen LogP contribution in [0.4, 0.5) is 0 Å². The number of rotatable bonds is 5. The Balaban J connectivity index is 1.94. The van der Waals surface area contributed by atoms with E-state index in [9.17, 15) is 0 Å². The Morgan fingerprint density at radius 2 is 1.95 bits per heavy atom. The smallest absolute Gasteiger partial charge is 0.185 e. The normalized spacial score (nSPS) is 22.7. The van der Waals surface area contributed by atoms with Crippen molar-refractivity contribution >= 4 is 23.0 Å². The summed E-state index contributed by atoms with van der Waals surface area (Å²) in [5.41, 5.74) is 2.50. The summed E-state index contributed by atoms with van der Waals surface area (Å²) in [7, 11) is -0.786. The van der Waals surface area contributed by atoms with Crippen molar-refractivity contribution in [1.29, 1.82) is 0 Å². The summed E-state index contributed by atoms with van der Waals surface area (Å²) in [6.07, 6.45) is 7.57. The highest BCUT2D eigenvalue weighted by Gasteiger charge is 2.33. The van der Waals surface area contributed by atoms with Crippen molar-refractivity contribution in [3.8, 4) is 0 Å². The van der Waals surface area contributed by atoms with Gasteiger partial charge in [0, 0.05) is 0 Å². The first-order chi connectivity index (χ1) is 9.39. The van der Waals surface area contributed by atoms with E-state index in [1.807, 2.05) is 0 Å². The summed E-state index contributed by atoms with van der Waals surface area (Å²) >= 11 is 0. The molecule has 20 heavy (non-hydrogen) atoms. The molecule has 0 saturated carbocycles. The van der Waals surface area contributed by atoms with Gasteiger partial charge >= 0.3 is 0 Å². The summed E-state index contributed by atoms with van der Waals surface area (Å²) in [5.74, 6) is 0. The quantitative estimate of drug-likeness (QED) is 0.750. The van der Waals surface area contributed by atoms with Crippen LogP contribution < -0.4 is 5.19 Å². The van der Waals surface area contributed by atoms with Gasteiger partial charge in [0.05, 0.1) is 15.1 Å². The molecule has 2 rings (SSSR count). The highest BCUT2D eigenvalue weighted by Crippen LogP contribution is 2.30. The van der Waals surface area contributed by atoms with Crippen molar-refractivity contribution in [3.05, 3.63) is 54.1 Å². The molecule has 0 aromatic heterocycles. The molecule has 0 fully saturated rings. The van der Waals surface area contributed by atoms with Crippen molar-refractivity contribution in [3.63, 3.8) is 0 Å². The van der Waals surface area contributed by atoms with Gasteiger partial charge < -0.3 is 4.43 Å². The molecule has 0 bridgehead atoms. The minimum absolute atomic E-state index is 0.101. The van der Waals surface area contributed by atoms with Crippen molar-refractivity contribution in [2.45, 2.75) is 44.6 Å². The van der Waals surface area contributed by atoms with Gasteiger partial charge in [-0.3, -0.25) is 0 Å². The molecular formula is C17H24OSi2. The molecule has 1 aromatic rings. The van der Waals surface area contributed by atoms with Crippen LogP contribution in [0, 0.1) is 0 Å². The van der Waals surface area contributed by atoms with E-state index in [0.717, 1.165) is 15.9 Å². The maximum Gasteiger partial charge on any atom is 0.185 e. The Kier molecular flexibility index (Phi) is 4.84. The molecule has 0 saturated heterocycles. The average Bonchev–Trinajstić information content (AvgIpc) is 2.36. The van der Waals surface area contributed by atoms with E-state index in [0.29, 0.717) is 0 Å². The van der Waals surface area contributed by atoms with Gasteiger partial charge in [0.15, 0.2) is 8.32 Å². The second kappa shape index (κ2) is 6.25. The number of benzene rings is 1. The van der Waals surface area contributed by atoms with Crippen LogP contribution in [0.1, 0.15) is 20.3 Å². The van der Waals surface area contributed by atoms with Crippen LogP contribution in [0.5, 0.6) is 0 Å². The average molecular weight is 301 g/mol. The molecule has 1 aliphatic rings. The van der Waals surface area contributed by atoms with E-state index in [-0.39, 0.29) is 5.60 Å². The number of allylic oxidation sites excluding steroid dienone is 2. The van der Waals surface area contributed by atoms with Crippen molar-refractivity contribution in [1.82, 2.24) is 0 Å². The summed E-state index contributed by atoms with van der Waals surface area (Å²) in [6, 6.07) is 10.8. The van der Waals surface area contributed by atoms with E-state index >= 15 is 0 Å². The van der Waals surface area contributed by atoms with Crippen LogP contribution in [-0.4, -0.2) is 23.4 Å². The highest BCUT2D eigenvalue weighted by molar-refractivity contribution is 6.82. The molecule has 0 amide bonds. The van der Waals surface area contributed by atoms with Crippen LogP contribution >= 0.6 is 0 Å². The Labute approximate surface area is 126 Å². The lowest BCUT2D eigenvalue weighted by Gasteiger charge is -2.37. The van der Waals surface area contributed by atoms with Gasteiger partial charge in [0.1, 0.15) is 0 Å². The van der Waals surface area contributed by atoms with Gasteiger partial charge in [-0.15, -0.1) is 0 Å². The van der Waals surface area contributed by atoms with Crippen LogP contribution in [0.25, 0.3) is 0 Å². The Morgan fingerprint density at radius 1 is 1.25 bits per heavy atom. The zero-order valence-corrected chi connectivity index (χ0v) is 14.9. The van der Waals surface area contributed by atoms with Gasteiger partial charge in [-0.2, -0.15) is 0 Å². The molecule has 1 unspecified atom stereocenters. The fraction of sp³-hybridized carbons (Fsp3) is 0.412. The molecule has 0 heterocycles. The van der Waals surface area contributed by atoms with E-state index in [1.165, 1.54) is 16.4 Å². The topological polar surface area (TPSA) is 9.23 Å². The third-order valence-corrected chi connectivity index (χ3v) is 9.33. The fourth-order valence-electron chi connectivity index (χ4n) is 2.70. The first kappa shape index (κ1) is 15.5. The van der Waals surface area contributed by atoms with Gasteiger partial charge in [-0.05, 0) is 39.0 Å². The van der Waals surface area contributed by atoms with Gasteiger partial charge in [-0.1, -0.05) is 59.3 Å². The molecule has 1 atom stereocenters. The SMILES string of the molecule is CC1=CC=CC(C)(O[Si](C)(C)C[Si]c2ccccc2)C1. The third kappa shape index (κ3) is 4.58. The summed E-state index contributed by atoms with van der Waals surface area (Å²) in [5, 5.41) is 1.44. The van der Waals surface area contributed by atoms with Crippen molar-refractivity contribution in [2.24, 2.45) is 0 Å². The third-order valence-electron chi connectivity index (χ3n) is 3.46. The second-order valence-corrected chi connectivity index (χ2v) is 12.5. The van der Waals surface area contributed by atoms with Crippen LogP contribution in [-0.2, 0) is 4.43 Å². The molecule has 0 spiro atoms. The number of hydrogen-bond donors (Lipinski definition) is 0. The first-order valence-electron chi connectivity index (χ1n) is 7.23. The van der Waals surface area contributed by atoms with E-state index in [2.05, 4.69) is 75.5 Å². The lowest BCUT2D eigenvalue weighted by molar-refractivity contribution is 0.130. The van der Waals surface area contributed by atoms with E-state index in [1.54, 1.807) is 0 Å². The molecule has 1 aliphatic carbocycles. The summed E-state index contributed by atoms with van der Waals surface area (Å²) in [6.45, 7) is 9.09. The fourth-order valence-corrected chi connectivity index (χ4v) is 7.33. The Bertz CT molecular complexity index is 505. The van der Waals surface area contributed by atoms with E-state index < -0.39 is 8.32 Å². The minimum atomic E-state index is -1.64. The van der Waals surface area contributed by atoms with Crippen molar-refractivity contribution in [2.75, 3.05) is 0 Å². The highest BCUT2D eigenvalue weighted by atomic mass is 28.4. The zero-order chi connectivity index (χ0) is 14.6. The van der Waals surface area contributed by atoms with Crippen LogP contribution in [0.15, 0.2) is 54.1 Å². The predicted molar refractivity (Wildman–Crippen MR) is 91.1 cm³/mol. The van der Waals surface area contributed by atoms with Crippen molar-refractivity contribution < 1.29 is 4.43 Å². The molecule has 0 N–H and O–H groups in total. The van der Waals surface area contributed by atoms with Gasteiger partial charge in [0.2, 0.25) is 0 Å². The number of hydrogen-bond acceptors (Lipinski definition) is 1. The molecule has 3 heteroatoms. The molecular weight excluding hydrogens is 276 g/mol. The standard InChI is InChI=1S/C17H24OSi2/c1-15-9-8-12-17(2,13-15)18-20(3,4)14-19-16-10-6-5-7-11-16/h5-12H,13-14H2,1-4H3. The second-order valence-electron chi connectivity index (χ2n) is 6.44. The Hall–Kier alpha value is -0.906. The molecule has 1 aromatic carbocycles. The maximum atomic E-state index is 6.58. The van der Waals surface area contributed by atoms with Crippen LogP contribution in [0.3, 0.4) is 0 Å². The lowest BCUT2D eigenvalue weighted by atomic mass is 9.93. The maximum absolute atomic E-state index is 6.58. The summed E-state index contributed by atoms with van der Waals surface area (Å²) < 4.78 is 6.58. The molecule has 0 aliphatic heterocycles. The molecule has 106 valence electrons. The van der Waals surface area contributed by atoms with E-state index in [4.69, 9.17) is 4.43 Å². The van der Waals surface area contributed by atoms with Gasteiger partial charge in [0.25, 0.3) is 0 Å². The minimum Gasteiger partial charge on any atom is -0.409 e. The van der Waals surface area contributed by atoms with Crippen LogP contribution in [0.2, 0.25) is 18.8 Å². The predicted octanol–water partition coefficient (Wildman–Crippen LogP) is 3.86. The molecule has 2 radical (unpaired) electrons. The van der Waals surface area contributed by atoms with Gasteiger partial charge in [-0.25, -0.2) is 0 Å². The monoisotopic (exact) mass is 300 g/mol. The lowest BCUT2D eigenvalue weighted by Crippen LogP contribution is -2.44. The molecule has 1 nitrogen and oxygen atoms in total. The summed E-state index contributed by atoms with van der Waals surface area (Å²) in [4.78, 5) is 0. The Morgan fingerprint density at radius 3 is 2.60 bits per heavy atom. The first-order valence-corrected chi connectivity index (χ1v) is 11.5. The largest absolute Gasteiger partial charge is 0.409 e.